The van der Waals surface area contributed by atoms with Crippen LogP contribution in [0.25, 0.3) is 0 Å². The summed E-state index contributed by atoms with van der Waals surface area (Å²) in [6, 6.07) is 0. The van der Waals surface area contributed by atoms with E-state index in [-0.39, 0.29) is 5.54 Å². The van der Waals surface area contributed by atoms with E-state index in [1.54, 1.807) is 13.1 Å². The van der Waals surface area contributed by atoms with Crippen LogP contribution in [0.5, 0.6) is 0 Å². The van der Waals surface area contributed by atoms with Gasteiger partial charge in [-0.05, 0) is 50.6 Å². The van der Waals surface area contributed by atoms with Crippen LogP contribution in [0.1, 0.15) is 27.2 Å². The summed E-state index contributed by atoms with van der Waals surface area (Å²) in [4.78, 5) is 20.4. The minimum Gasteiger partial charge on any atom is -0.416 e. The van der Waals surface area contributed by atoms with Gasteiger partial charge in [0.2, 0.25) is 0 Å². The van der Waals surface area contributed by atoms with Crippen LogP contribution in [0.15, 0.2) is 0 Å². The lowest BCUT2D eigenvalue weighted by Gasteiger charge is -2.37. The molecular weight excluding hydrogens is 280 g/mol. The van der Waals surface area contributed by atoms with Crippen molar-refractivity contribution in [1.82, 2.24) is 0 Å². The van der Waals surface area contributed by atoms with E-state index in [1.165, 1.54) is 0 Å². The summed E-state index contributed by atoms with van der Waals surface area (Å²) in [5.41, 5.74) is 0.163. The van der Waals surface area contributed by atoms with Gasteiger partial charge in [-0.15, -0.1) is 0 Å². The molecule has 0 aromatic carbocycles. The molecule has 0 spiro atoms. The molecule has 0 radical (unpaired) electrons. The molecule has 0 bridgehead atoms. The van der Waals surface area contributed by atoms with Crippen molar-refractivity contribution < 1.29 is 17.8 Å². The van der Waals surface area contributed by atoms with Gasteiger partial charge in [0, 0.05) is 0 Å². The summed E-state index contributed by atoms with van der Waals surface area (Å²) in [7, 11) is -7.83. The summed E-state index contributed by atoms with van der Waals surface area (Å²) in [5.74, 6) is 0.539. The average Bonchev–Trinajstić information content (AvgIpc) is 1.93. The molecule has 0 amide bonds. The zero-order valence-corrected chi connectivity index (χ0v) is 16.1. The fourth-order valence-electron chi connectivity index (χ4n) is 2.15. The Morgan fingerprint density at radius 3 is 1.67 bits per heavy atom. The molecule has 0 aromatic heterocycles. The zero-order chi connectivity index (χ0) is 14.8. The standard InChI is InChI=1S/C11H30O4Si3/c1-10(2)9-11(3)18(8,13)15-17(6,7)14-16(4,5)12/h10-13H,9H2,1-8H3. The molecule has 0 aliphatic heterocycles. The fourth-order valence-corrected chi connectivity index (χ4v) is 13.2. The normalized spacial score (nSPS) is 18.8. The van der Waals surface area contributed by atoms with Crippen LogP contribution >= 0.6 is 0 Å². The molecule has 7 heteroatoms. The molecule has 2 unspecified atom stereocenters. The van der Waals surface area contributed by atoms with Gasteiger partial charge in [0.15, 0.2) is 0 Å². The van der Waals surface area contributed by atoms with Crippen molar-refractivity contribution in [2.24, 2.45) is 5.92 Å². The van der Waals surface area contributed by atoms with Gasteiger partial charge in [0.25, 0.3) is 0 Å². The van der Waals surface area contributed by atoms with Crippen molar-refractivity contribution in [1.29, 1.82) is 0 Å². The van der Waals surface area contributed by atoms with Crippen LogP contribution < -0.4 is 0 Å². The van der Waals surface area contributed by atoms with Gasteiger partial charge in [-0.2, -0.15) is 0 Å². The van der Waals surface area contributed by atoms with Crippen LogP contribution in [-0.4, -0.2) is 35.3 Å². The molecular formula is C11H30O4Si3. The molecule has 0 heterocycles. The molecule has 0 aliphatic carbocycles. The highest BCUT2D eigenvalue weighted by molar-refractivity contribution is 6.84. The summed E-state index contributed by atoms with van der Waals surface area (Å²) >= 11 is 0. The molecule has 0 saturated carbocycles. The van der Waals surface area contributed by atoms with Gasteiger partial charge in [-0.3, -0.25) is 0 Å². The highest BCUT2D eigenvalue weighted by Gasteiger charge is 2.44. The summed E-state index contributed by atoms with van der Waals surface area (Å²) in [5, 5.41) is 0. The highest BCUT2D eigenvalue weighted by atomic mass is 28.5. The average molecular weight is 311 g/mol. The van der Waals surface area contributed by atoms with Crippen LogP contribution in [0.2, 0.25) is 38.3 Å². The number of hydrogen-bond donors (Lipinski definition) is 2. The van der Waals surface area contributed by atoms with E-state index in [0.29, 0.717) is 5.92 Å². The third-order valence-corrected chi connectivity index (χ3v) is 12.3. The Labute approximate surface area is 115 Å². The number of rotatable bonds is 7. The molecule has 0 rings (SSSR count). The first kappa shape index (κ1) is 18.5. The highest BCUT2D eigenvalue weighted by Crippen LogP contribution is 2.30. The van der Waals surface area contributed by atoms with Gasteiger partial charge in [0.05, 0.1) is 0 Å². The number of hydrogen-bond acceptors (Lipinski definition) is 4. The van der Waals surface area contributed by atoms with Crippen LogP contribution in [0, 0.1) is 5.92 Å². The molecule has 0 aromatic rings. The monoisotopic (exact) mass is 310 g/mol. The second-order valence-corrected chi connectivity index (χ2v) is 17.1. The maximum atomic E-state index is 10.6. The Morgan fingerprint density at radius 2 is 1.33 bits per heavy atom. The van der Waals surface area contributed by atoms with Crippen LogP contribution in [0.4, 0.5) is 0 Å². The molecule has 2 atom stereocenters. The van der Waals surface area contributed by atoms with E-state index in [4.69, 9.17) is 8.23 Å². The van der Waals surface area contributed by atoms with Gasteiger partial charge in [-0.1, -0.05) is 20.8 Å². The molecule has 0 fully saturated rings. The third kappa shape index (κ3) is 7.82. The fraction of sp³-hybridized carbons (Fsp3) is 1.00. The molecule has 110 valence electrons. The lowest BCUT2D eigenvalue weighted by atomic mass is 10.1. The topological polar surface area (TPSA) is 58.9 Å². The van der Waals surface area contributed by atoms with E-state index in [0.717, 1.165) is 6.42 Å². The van der Waals surface area contributed by atoms with Gasteiger partial charge in [0.1, 0.15) is 0 Å². The van der Waals surface area contributed by atoms with Gasteiger partial charge < -0.3 is 17.8 Å². The zero-order valence-electron chi connectivity index (χ0n) is 13.1. The second kappa shape index (κ2) is 6.29. The van der Waals surface area contributed by atoms with Crippen molar-refractivity contribution in [2.75, 3.05) is 0 Å². The second-order valence-electron chi connectivity index (χ2n) is 6.64. The van der Waals surface area contributed by atoms with Crippen LogP contribution in [0.3, 0.4) is 0 Å². The van der Waals surface area contributed by atoms with Crippen molar-refractivity contribution in [2.45, 2.75) is 65.5 Å². The molecule has 18 heavy (non-hydrogen) atoms. The van der Waals surface area contributed by atoms with E-state index in [1.807, 2.05) is 26.6 Å². The predicted molar refractivity (Wildman–Crippen MR) is 82.1 cm³/mol. The molecule has 2 N–H and O–H groups in total. The summed E-state index contributed by atoms with van der Waals surface area (Å²) < 4.78 is 11.7. The minimum atomic E-state index is -2.76. The Morgan fingerprint density at radius 1 is 0.889 bits per heavy atom. The van der Waals surface area contributed by atoms with Gasteiger partial charge >= 0.3 is 25.7 Å². The van der Waals surface area contributed by atoms with E-state index < -0.39 is 25.7 Å². The van der Waals surface area contributed by atoms with E-state index >= 15 is 0 Å². The van der Waals surface area contributed by atoms with Crippen molar-refractivity contribution in [3.63, 3.8) is 0 Å². The molecule has 0 saturated heterocycles. The smallest absolute Gasteiger partial charge is 0.326 e. The van der Waals surface area contributed by atoms with E-state index in [9.17, 15) is 9.59 Å². The lowest BCUT2D eigenvalue weighted by Crippen LogP contribution is -2.55. The maximum Gasteiger partial charge on any atom is 0.326 e. The quantitative estimate of drug-likeness (QED) is 0.710. The first-order valence-corrected chi connectivity index (χ1v) is 14.7. The minimum absolute atomic E-state index is 0.163. The van der Waals surface area contributed by atoms with E-state index in [2.05, 4.69) is 13.8 Å². The van der Waals surface area contributed by atoms with Crippen LogP contribution in [-0.2, 0) is 8.23 Å². The largest absolute Gasteiger partial charge is 0.416 e. The maximum absolute atomic E-state index is 10.6. The van der Waals surface area contributed by atoms with Crippen molar-refractivity contribution in [3.8, 4) is 0 Å². The first-order valence-electron chi connectivity index (χ1n) is 6.60. The SMILES string of the molecule is CC(C)CC(C)[Si](C)(O)O[Si](C)(C)O[Si](C)(C)O. The Kier molecular flexibility index (Phi) is 6.47. The van der Waals surface area contributed by atoms with Crippen molar-refractivity contribution >= 4 is 25.7 Å². The Hall–Kier alpha value is 0.491. The van der Waals surface area contributed by atoms with Crippen molar-refractivity contribution in [3.05, 3.63) is 0 Å². The lowest BCUT2D eigenvalue weighted by molar-refractivity contribution is 0.277. The predicted octanol–water partition coefficient (Wildman–Crippen LogP) is 2.92. The van der Waals surface area contributed by atoms with Gasteiger partial charge in [-0.25, -0.2) is 0 Å². The Bertz CT molecular complexity index is 262. The molecule has 0 aliphatic rings. The summed E-state index contributed by atoms with van der Waals surface area (Å²) in [6.45, 7) is 15.4. The Balaban J connectivity index is 4.64. The summed E-state index contributed by atoms with van der Waals surface area (Å²) in [6.07, 6.45) is 0.948. The third-order valence-electron chi connectivity index (χ3n) is 2.69. The first-order chi connectivity index (χ1) is 7.75. The molecule has 4 nitrogen and oxygen atoms in total.